The number of benzene rings is 7. The Labute approximate surface area is 631 Å². The monoisotopic (exact) mass is 1540 g/mol. The summed E-state index contributed by atoms with van der Waals surface area (Å²) in [6.07, 6.45) is -5.07. The quantitative estimate of drug-likeness (QED) is 0.0536. The first-order valence-electron chi connectivity index (χ1n) is 34.9. The van der Waals surface area contributed by atoms with Crippen LogP contribution in [0.1, 0.15) is 134 Å². The molecule has 0 saturated carbocycles. The lowest BCUT2D eigenvalue weighted by atomic mass is 9.89. The first-order valence-corrected chi connectivity index (χ1v) is 35.7. The van der Waals surface area contributed by atoms with Gasteiger partial charge in [-0.1, -0.05) is 99.5 Å². The summed E-state index contributed by atoms with van der Waals surface area (Å²) >= 11 is 14.1. The van der Waals surface area contributed by atoms with Crippen LogP contribution in [0.15, 0.2) is 115 Å². The smallest absolute Gasteiger partial charge is 0.330 e. The van der Waals surface area contributed by atoms with E-state index in [1.54, 1.807) is 0 Å². The lowest BCUT2D eigenvalue weighted by Crippen LogP contribution is -2.65. The van der Waals surface area contributed by atoms with Crippen molar-refractivity contribution in [2.75, 3.05) is 13.7 Å². The molecule has 31 nitrogen and oxygen atoms in total. The highest BCUT2D eigenvalue weighted by atomic mass is 35.5. The van der Waals surface area contributed by atoms with Crippen molar-refractivity contribution in [3.05, 3.63) is 164 Å². The molecule has 0 aromatic heterocycles. The number of carbonyl (C=O) groups excluding carboxylic acids is 7. The molecule has 17 bridgehead atoms. The second kappa shape index (κ2) is 32.7. The molecule has 0 radical (unpaired) electrons. The number of carboxylic acids is 1. The normalized spacial score (nSPS) is 24.0. The Hall–Kier alpha value is -11.2. The number of carbonyl (C=O) groups is 8. The molecule has 7 aliphatic rings. The molecule has 7 heterocycles. The Morgan fingerprint density at radius 3 is 1.93 bits per heavy atom. The van der Waals surface area contributed by atoms with E-state index in [1.165, 1.54) is 55.6 Å². The summed E-state index contributed by atoms with van der Waals surface area (Å²) in [5.41, 5.74) is -2.44. The molecule has 1 fully saturated rings. The predicted octanol–water partition coefficient (Wildman–Crippen LogP) is 6.23. The number of unbranched alkanes of at least 4 members (excludes halogenated alkanes) is 4. The van der Waals surface area contributed by atoms with Crippen LogP contribution >= 0.6 is 23.2 Å². The summed E-state index contributed by atoms with van der Waals surface area (Å²) in [5, 5.41) is 134. The Bertz CT molecular complexity index is 4720. The molecule has 7 aromatic carbocycles. The molecule has 109 heavy (non-hydrogen) atoms. The second-order valence-corrected chi connectivity index (χ2v) is 28.2. The van der Waals surface area contributed by atoms with Crippen LogP contribution in [-0.4, -0.2) is 155 Å². The Morgan fingerprint density at radius 2 is 1.22 bits per heavy atom. The van der Waals surface area contributed by atoms with Gasteiger partial charge in [0.2, 0.25) is 53.4 Å². The van der Waals surface area contributed by atoms with E-state index in [1.807, 2.05) is 0 Å². The van der Waals surface area contributed by atoms with Gasteiger partial charge < -0.3 is 117 Å². The molecule has 33 heteroatoms. The second-order valence-electron chi connectivity index (χ2n) is 27.4. The molecule has 1 saturated heterocycles. The third kappa shape index (κ3) is 16.8. The molecule has 14 rings (SSSR count). The van der Waals surface area contributed by atoms with E-state index in [9.17, 15) is 70.2 Å². The molecule has 7 aromatic rings. The number of likely N-dealkylation sites (N-methyl/N-ethyl adjacent to an activating group) is 1. The molecule has 574 valence electrons. The lowest BCUT2D eigenvalue weighted by Gasteiger charge is -2.42. The number of aliphatic hydroxyl groups is 4. The van der Waals surface area contributed by atoms with E-state index in [0.29, 0.717) is 24.3 Å². The van der Waals surface area contributed by atoms with Crippen molar-refractivity contribution in [2.45, 2.75) is 144 Å². The van der Waals surface area contributed by atoms with Crippen molar-refractivity contribution in [3.8, 4) is 80.1 Å². The first kappa shape index (κ1) is 77.5. The fraction of sp³-hybridized carbons (Fsp3) is 0.342. The third-order valence-corrected chi connectivity index (χ3v) is 20.1. The number of aromatic hydroxyl groups is 5. The van der Waals surface area contributed by atoms with Crippen molar-refractivity contribution < 1.29 is 113 Å². The van der Waals surface area contributed by atoms with Gasteiger partial charge in [0.1, 0.15) is 107 Å². The van der Waals surface area contributed by atoms with Crippen LogP contribution in [0.5, 0.6) is 69.0 Å². The number of carboxylic acid groups (broad SMARTS) is 1. The average molecular weight is 1540 g/mol. The van der Waals surface area contributed by atoms with Gasteiger partial charge >= 0.3 is 5.97 Å². The van der Waals surface area contributed by atoms with Crippen molar-refractivity contribution in [1.82, 2.24) is 42.5 Å². The number of phenols is 5. The van der Waals surface area contributed by atoms with Crippen LogP contribution in [-0.2, 0) is 49.5 Å². The predicted molar refractivity (Wildman–Crippen MR) is 386 cm³/mol. The molecule has 0 spiro atoms. The van der Waals surface area contributed by atoms with Gasteiger partial charge in [-0.2, -0.15) is 0 Å². The maximum Gasteiger partial charge on any atom is 0.330 e. The zero-order chi connectivity index (χ0) is 78.0. The first-order chi connectivity index (χ1) is 52.1. The molecule has 0 unspecified atom stereocenters. The van der Waals surface area contributed by atoms with Gasteiger partial charge in [-0.05, 0) is 120 Å². The summed E-state index contributed by atoms with van der Waals surface area (Å²) in [6.45, 7) is 3.33. The Morgan fingerprint density at radius 1 is 0.578 bits per heavy atom. The maximum absolute atomic E-state index is 16.4. The minimum absolute atomic E-state index is 0.0571. The number of hydrogen-bond donors (Lipinski definition) is 18. The van der Waals surface area contributed by atoms with Crippen molar-refractivity contribution in [1.29, 1.82) is 0 Å². The van der Waals surface area contributed by atoms with E-state index >= 15 is 19.2 Å². The third-order valence-electron chi connectivity index (χ3n) is 19.4. The zero-order valence-electron chi connectivity index (χ0n) is 58.5. The van der Waals surface area contributed by atoms with E-state index in [2.05, 4.69) is 56.4 Å². The zero-order valence-corrected chi connectivity index (χ0v) is 60.0. The standard InChI is InChI=1S/C76H78Cl2N8O23/c1-32(2)9-7-5-4-6-8-10-55(93)81-64-67(96)66(95)54(31-87)108-76(64)109-68-52-25-37-26-53(68)107-50-20-15-36(23-44(50)77)65(94)63-74(102)85-62(75(103)104)42-27-38(88)28-48(91)56(42)41-22-34(13-18-46(41)89)59(71(99)86-63)82-72(100)60(37)83-73(101)61-43-29-40(30-49(92)57(43)78)106-51-24-35(14-19-47(51)90)58(79-3)70(98)80-45(69(97)84-61)21-33-11-16-39(105-52)17-12-33/h11-20,22-30,32,45,54,58-67,76,79,87-92,94-96H,4-10,21,31H2,1-3H3,(H,80,98)(H,81,93)(H,82,100)(H,83,101)(H,84,97)(H,85,102)(H,86,99)(H,103,104)/t45-,54-,58+,59-,60-,61+,62+,63+,64-,65-,66-,67-,76+/m1/s1. The van der Waals surface area contributed by atoms with Crippen LogP contribution in [0.2, 0.25) is 10.0 Å². The van der Waals surface area contributed by atoms with E-state index in [-0.39, 0.29) is 52.5 Å². The number of amides is 7. The van der Waals surface area contributed by atoms with Gasteiger partial charge in [-0.25, -0.2) is 4.79 Å². The van der Waals surface area contributed by atoms with Crippen molar-refractivity contribution in [2.24, 2.45) is 5.92 Å². The van der Waals surface area contributed by atoms with E-state index in [0.717, 1.165) is 92.4 Å². The van der Waals surface area contributed by atoms with Crippen LogP contribution < -0.4 is 61.5 Å². The van der Waals surface area contributed by atoms with Crippen LogP contribution in [0.25, 0.3) is 11.1 Å². The SMILES string of the molecule is CN[C@@H]1C(=O)N[C@@H]2Cc3ccc(cc3)Oc3cc4cc(c3O[C@@H]3O[C@H](CO)[C@@H](O)[C@H](O)[C@H]3NC(=O)CCCCCCCC(C)C)Oc3ccc(cc3Cl)[C@@H](O)[C@@H]3NC(=O)[C@H](NC(=O)[C@@H]4NC(=O)[C@@H](NC2=O)c2cc(cc(O)c2Cl)Oc2cc1ccc2O)c1ccc(O)c(c1)-c1c(O)cc(O)cc1[C@@H](C(=O)O)NC3=O. The number of aliphatic carboxylic acids is 1. The molecule has 7 amide bonds. The molecular formula is C76H78Cl2N8O23. The number of fused-ring (bicyclic) bond motifs is 14. The highest BCUT2D eigenvalue weighted by Gasteiger charge is 2.48. The van der Waals surface area contributed by atoms with Crippen LogP contribution in [0.3, 0.4) is 0 Å². The Kier molecular flexibility index (Phi) is 23.3. The number of nitrogens with one attached hydrogen (secondary N) is 8. The highest BCUT2D eigenvalue weighted by Crippen LogP contribution is 2.50. The minimum atomic E-state index is -2.33. The average Bonchev–Trinajstić information content (AvgIpc) is 0.770. The number of phenolic OH excluding ortho intramolecular Hbond substituents is 5. The van der Waals surface area contributed by atoms with Crippen molar-refractivity contribution in [3.63, 3.8) is 0 Å². The van der Waals surface area contributed by atoms with E-state index < -0.39 is 217 Å². The summed E-state index contributed by atoms with van der Waals surface area (Å²) in [7, 11) is 1.45. The van der Waals surface area contributed by atoms with Crippen LogP contribution in [0, 0.1) is 5.92 Å². The topological polar surface area (TPSA) is 481 Å². The summed E-state index contributed by atoms with van der Waals surface area (Å²) in [6, 6.07) is 6.53. The molecular weight excluding hydrogens is 1460 g/mol. The molecule has 0 aliphatic carbocycles. The molecule has 18 N–H and O–H groups in total. The number of ether oxygens (including phenoxy) is 5. The number of hydrogen-bond acceptors (Lipinski definition) is 23. The van der Waals surface area contributed by atoms with Gasteiger partial charge in [-0.3, -0.25) is 33.6 Å². The minimum Gasteiger partial charge on any atom is -0.508 e. The lowest BCUT2D eigenvalue weighted by molar-refractivity contribution is -0.244. The number of aliphatic hydroxyl groups excluding tert-OH is 4. The van der Waals surface area contributed by atoms with Gasteiger partial charge in [0, 0.05) is 47.2 Å². The Balaban J connectivity index is 1.09. The van der Waals surface area contributed by atoms with Gasteiger partial charge in [-0.15, -0.1) is 0 Å². The highest BCUT2D eigenvalue weighted by molar-refractivity contribution is 6.33. The van der Waals surface area contributed by atoms with Gasteiger partial charge in [0.25, 0.3) is 0 Å². The summed E-state index contributed by atoms with van der Waals surface area (Å²) in [4.78, 5) is 120. The largest absolute Gasteiger partial charge is 0.508 e. The van der Waals surface area contributed by atoms with Crippen LogP contribution in [0.4, 0.5) is 0 Å². The molecule has 7 aliphatic heterocycles. The fourth-order valence-corrected chi connectivity index (χ4v) is 14.1. The van der Waals surface area contributed by atoms with Crippen molar-refractivity contribution >= 4 is 70.5 Å². The number of halogens is 2. The van der Waals surface area contributed by atoms with E-state index in [4.69, 9.17) is 46.9 Å². The number of rotatable bonds is 14. The van der Waals surface area contributed by atoms with Gasteiger partial charge in [0.15, 0.2) is 29.0 Å². The van der Waals surface area contributed by atoms with Gasteiger partial charge in [0.05, 0.1) is 16.7 Å². The fourth-order valence-electron chi connectivity index (χ4n) is 13.7. The maximum atomic E-state index is 16.4. The summed E-state index contributed by atoms with van der Waals surface area (Å²) < 4.78 is 32.5. The summed E-state index contributed by atoms with van der Waals surface area (Å²) in [5.74, 6) is -15.5. The molecule has 13 atom stereocenters.